The second-order valence-corrected chi connectivity index (χ2v) is 7.41. The van der Waals surface area contributed by atoms with Gasteiger partial charge in [0.25, 0.3) is 0 Å². The van der Waals surface area contributed by atoms with Crippen molar-refractivity contribution in [1.29, 1.82) is 0 Å². The van der Waals surface area contributed by atoms with Crippen molar-refractivity contribution in [3.8, 4) is 5.75 Å². The Morgan fingerprint density at radius 1 is 1.36 bits per heavy atom. The monoisotopic (exact) mass is 342 g/mol. The third-order valence-corrected chi connectivity index (χ3v) is 6.41. The predicted octanol–water partition coefficient (Wildman–Crippen LogP) is 2.34. The van der Waals surface area contributed by atoms with Crippen molar-refractivity contribution in [2.75, 3.05) is 20.3 Å². The van der Waals surface area contributed by atoms with Crippen LogP contribution in [0.2, 0.25) is 0 Å². The number of allylic oxidation sites excluding steroid dienone is 1. The molecular weight excluding hydrogens is 316 g/mol. The molecule has 3 unspecified atom stereocenters. The number of rotatable bonds is 3. The first kappa shape index (κ1) is 16.6. The molecule has 2 aliphatic heterocycles. The number of fused-ring (bicyclic) bond motifs is 6. The zero-order chi connectivity index (χ0) is 17.7. The van der Waals surface area contributed by atoms with Gasteiger partial charge < -0.3 is 20.3 Å². The molecule has 1 fully saturated rings. The molecule has 1 saturated heterocycles. The van der Waals surface area contributed by atoms with E-state index < -0.39 is 0 Å². The van der Waals surface area contributed by atoms with E-state index in [-0.39, 0.29) is 42.9 Å². The van der Waals surface area contributed by atoms with E-state index in [0.29, 0.717) is 0 Å². The van der Waals surface area contributed by atoms with Gasteiger partial charge in [-0.05, 0) is 62.1 Å². The van der Waals surface area contributed by atoms with E-state index in [9.17, 15) is 15.3 Å². The Bertz CT molecular complexity index is 826. The molecule has 1 aromatic carbocycles. The van der Waals surface area contributed by atoms with Crippen LogP contribution in [0.25, 0.3) is 10.9 Å². The molecule has 3 heterocycles. The van der Waals surface area contributed by atoms with Gasteiger partial charge in [0.05, 0.1) is 12.6 Å². The molecule has 4 atom stereocenters. The molecule has 0 aliphatic carbocycles. The molecule has 134 valence electrons. The second kappa shape index (κ2) is 6.16. The standard InChI is InChI=1S/C20H26N2O3/c1-3-11(9-23)13-7-19-20-15(8-18(22(19)2)16(13)10-24)14-6-12(25)4-5-17(14)21-20/h3-6,13,16,18-19,21,23-25H,7-10H2,1-2H3/b11-3-/t13?,16?,18?,19-/m0/s1. The van der Waals surface area contributed by atoms with Crippen LogP contribution in [0, 0.1) is 11.8 Å². The topological polar surface area (TPSA) is 79.7 Å². The number of hydrogen-bond donors (Lipinski definition) is 4. The highest BCUT2D eigenvalue weighted by Gasteiger charge is 2.47. The number of aromatic hydroxyl groups is 1. The van der Waals surface area contributed by atoms with E-state index in [2.05, 4.69) is 16.9 Å². The maximum absolute atomic E-state index is 10.1. The summed E-state index contributed by atoms with van der Waals surface area (Å²) >= 11 is 0. The number of piperidine rings is 1. The van der Waals surface area contributed by atoms with Gasteiger partial charge in [0.2, 0.25) is 0 Å². The lowest BCUT2D eigenvalue weighted by molar-refractivity contribution is -0.00908. The molecule has 4 rings (SSSR count). The van der Waals surface area contributed by atoms with Crippen molar-refractivity contribution in [2.45, 2.75) is 31.8 Å². The molecule has 4 N–H and O–H groups in total. The maximum Gasteiger partial charge on any atom is 0.116 e. The zero-order valence-corrected chi connectivity index (χ0v) is 14.7. The highest BCUT2D eigenvalue weighted by Crippen LogP contribution is 2.49. The van der Waals surface area contributed by atoms with Crippen LogP contribution in [0.1, 0.15) is 30.6 Å². The van der Waals surface area contributed by atoms with Crippen molar-refractivity contribution in [3.63, 3.8) is 0 Å². The van der Waals surface area contributed by atoms with E-state index >= 15 is 0 Å². The Morgan fingerprint density at radius 3 is 2.84 bits per heavy atom. The van der Waals surface area contributed by atoms with E-state index in [1.165, 1.54) is 11.3 Å². The molecular formula is C20H26N2O3. The fourth-order valence-corrected chi connectivity index (χ4v) is 5.07. The molecule has 2 aromatic rings. The molecule has 5 nitrogen and oxygen atoms in total. The zero-order valence-electron chi connectivity index (χ0n) is 14.7. The van der Waals surface area contributed by atoms with Crippen molar-refractivity contribution < 1.29 is 15.3 Å². The van der Waals surface area contributed by atoms with Crippen molar-refractivity contribution in [2.24, 2.45) is 11.8 Å². The van der Waals surface area contributed by atoms with Crippen LogP contribution in [0.4, 0.5) is 0 Å². The fraction of sp³-hybridized carbons (Fsp3) is 0.500. The third kappa shape index (κ3) is 2.41. The third-order valence-electron chi connectivity index (χ3n) is 6.41. The van der Waals surface area contributed by atoms with Crippen LogP contribution in [0.3, 0.4) is 0 Å². The molecule has 0 saturated carbocycles. The highest BCUT2D eigenvalue weighted by atomic mass is 16.3. The Hall–Kier alpha value is -1.82. The molecule has 2 aliphatic rings. The van der Waals surface area contributed by atoms with E-state index in [0.717, 1.165) is 29.3 Å². The summed E-state index contributed by atoms with van der Waals surface area (Å²) in [7, 11) is 2.13. The van der Waals surface area contributed by atoms with Crippen LogP contribution >= 0.6 is 0 Å². The first-order valence-electron chi connectivity index (χ1n) is 9.01. The summed E-state index contributed by atoms with van der Waals surface area (Å²) in [6.45, 7) is 2.13. The summed E-state index contributed by atoms with van der Waals surface area (Å²) in [5, 5.41) is 30.8. The van der Waals surface area contributed by atoms with Gasteiger partial charge in [0.1, 0.15) is 5.75 Å². The number of aromatic nitrogens is 1. The van der Waals surface area contributed by atoms with Gasteiger partial charge in [-0.2, -0.15) is 0 Å². The van der Waals surface area contributed by atoms with Gasteiger partial charge in [0, 0.05) is 35.2 Å². The maximum atomic E-state index is 10.1. The Labute approximate surface area is 147 Å². The van der Waals surface area contributed by atoms with Gasteiger partial charge >= 0.3 is 0 Å². The quantitative estimate of drug-likeness (QED) is 0.646. The molecule has 0 radical (unpaired) electrons. The predicted molar refractivity (Wildman–Crippen MR) is 97.5 cm³/mol. The summed E-state index contributed by atoms with van der Waals surface area (Å²) in [5.41, 5.74) is 4.56. The van der Waals surface area contributed by atoms with Crippen LogP contribution in [-0.2, 0) is 6.42 Å². The summed E-state index contributed by atoms with van der Waals surface area (Å²) in [5.74, 6) is 0.584. The lowest BCUT2D eigenvalue weighted by atomic mass is 9.68. The van der Waals surface area contributed by atoms with Crippen molar-refractivity contribution >= 4 is 10.9 Å². The number of aromatic amines is 1. The molecule has 25 heavy (non-hydrogen) atoms. The molecule has 0 amide bonds. The summed E-state index contributed by atoms with van der Waals surface area (Å²) in [6.07, 6.45) is 3.72. The summed E-state index contributed by atoms with van der Waals surface area (Å²) in [4.78, 5) is 5.93. The normalized spacial score (nSPS) is 29.8. The molecule has 2 bridgehead atoms. The number of benzene rings is 1. The molecule has 1 aromatic heterocycles. The largest absolute Gasteiger partial charge is 0.508 e. The molecule has 5 heteroatoms. The van der Waals surface area contributed by atoms with Gasteiger partial charge in [0.15, 0.2) is 0 Å². The number of nitrogens with zero attached hydrogens (tertiary/aromatic N) is 1. The van der Waals surface area contributed by atoms with Crippen LogP contribution in [0.15, 0.2) is 29.8 Å². The number of H-pyrrole nitrogens is 1. The van der Waals surface area contributed by atoms with Crippen molar-refractivity contribution in [3.05, 3.63) is 41.1 Å². The minimum absolute atomic E-state index is 0.0499. The lowest BCUT2D eigenvalue weighted by Gasteiger charge is -2.51. The van der Waals surface area contributed by atoms with Gasteiger partial charge in [-0.15, -0.1) is 0 Å². The number of aliphatic hydroxyl groups is 2. The Kier molecular flexibility index (Phi) is 4.10. The number of hydrogen-bond acceptors (Lipinski definition) is 4. The van der Waals surface area contributed by atoms with Gasteiger partial charge in [-0.3, -0.25) is 4.90 Å². The van der Waals surface area contributed by atoms with Crippen molar-refractivity contribution in [1.82, 2.24) is 9.88 Å². The second-order valence-electron chi connectivity index (χ2n) is 7.41. The van der Waals surface area contributed by atoms with Crippen LogP contribution in [-0.4, -0.2) is 51.5 Å². The lowest BCUT2D eigenvalue weighted by Crippen LogP contribution is -2.54. The Balaban J connectivity index is 1.84. The van der Waals surface area contributed by atoms with E-state index in [1.54, 1.807) is 6.07 Å². The minimum atomic E-state index is 0.0499. The molecule has 0 spiro atoms. The van der Waals surface area contributed by atoms with E-state index in [4.69, 9.17) is 0 Å². The number of phenolic OH excluding ortho intramolecular Hbond substituents is 1. The fourth-order valence-electron chi connectivity index (χ4n) is 5.07. The summed E-state index contributed by atoms with van der Waals surface area (Å²) < 4.78 is 0. The van der Waals surface area contributed by atoms with Gasteiger partial charge in [-0.25, -0.2) is 0 Å². The van der Waals surface area contributed by atoms with E-state index in [1.807, 2.05) is 25.1 Å². The first-order chi connectivity index (χ1) is 12.1. The SMILES string of the molecule is C/C=C(/CO)C1C[C@H]2c3[nH]c4ccc(O)cc4c3CC(C1CO)N2C. The number of aliphatic hydroxyl groups excluding tert-OH is 2. The smallest absolute Gasteiger partial charge is 0.116 e. The van der Waals surface area contributed by atoms with Crippen LogP contribution in [0.5, 0.6) is 5.75 Å². The minimum Gasteiger partial charge on any atom is -0.508 e. The number of likely N-dealkylation sites (N-methyl/N-ethyl adjacent to an activating group) is 1. The first-order valence-corrected chi connectivity index (χ1v) is 9.01. The number of phenols is 1. The van der Waals surface area contributed by atoms with Gasteiger partial charge in [-0.1, -0.05) is 6.08 Å². The number of nitrogens with one attached hydrogen (secondary N) is 1. The highest BCUT2D eigenvalue weighted by molar-refractivity contribution is 5.86. The van der Waals surface area contributed by atoms with Crippen LogP contribution < -0.4 is 0 Å². The Morgan fingerprint density at radius 2 is 2.16 bits per heavy atom. The summed E-state index contributed by atoms with van der Waals surface area (Å²) in [6, 6.07) is 5.94. The average Bonchev–Trinajstić information content (AvgIpc) is 2.95. The average molecular weight is 342 g/mol.